The number of halogens is 1. The van der Waals surface area contributed by atoms with E-state index in [9.17, 15) is 14.7 Å². The number of nitrogens with one attached hydrogen (secondary N) is 1. The molecule has 0 unspecified atom stereocenters. The van der Waals surface area contributed by atoms with Crippen LogP contribution in [0.3, 0.4) is 0 Å². The van der Waals surface area contributed by atoms with Gasteiger partial charge in [-0.15, -0.1) is 0 Å². The maximum absolute atomic E-state index is 12.4. The van der Waals surface area contributed by atoms with Crippen LogP contribution in [-0.4, -0.2) is 47.6 Å². The van der Waals surface area contributed by atoms with Gasteiger partial charge >= 0.3 is 0 Å². The van der Waals surface area contributed by atoms with E-state index >= 15 is 0 Å². The minimum absolute atomic E-state index is 0.0254. The van der Waals surface area contributed by atoms with E-state index in [1.807, 2.05) is 17.0 Å². The van der Waals surface area contributed by atoms with E-state index in [-0.39, 0.29) is 23.6 Å². The predicted molar refractivity (Wildman–Crippen MR) is 111 cm³/mol. The fraction of sp³-hybridized carbons (Fsp3) is 0.364. The number of carbonyl (C=O) groups is 2. The predicted octanol–water partition coefficient (Wildman–Crippen LogP) is 3.63. The van der Waals surface area contributed by atoms with Crippen molar-refractivity contribution in [3.8, 4) is 11.5 Å². The Morgan fingerprint density at radius 1 is 1.14 bits per heavy atom. The van der Waals surface area contributed by atoms with Crippen molar-refractivity contribution in [2.24, 2.45) is 0 Å². The summed E-state index contributed by atoms with van der Waals surface area (Å²) in [5, 5.41) is 13.0. The summed E-state index contributed by atoms with van der Waals surface area (Å²) >= 11 is 6.04. The Balaban J connectivity index is 1.36. The molecule has 0 atom stereocenters. The molecule has 2 aromatic rings. The highest BCUT2D eigenvalue weighted by molar-refractivity contribution is 6.32. The first kappa shape index (κ1) is 21.0. The number of carbonyl (C=O) groups excluding carboxylic acids is 2. The third kappa shape index (κ3) is 6.12. The van der Waals surface area contributed by atoms with Gasteiger partial charge in [0.05, 0.1) is 11.6 Å². The molecule has 0 saturated carbocycles. The fourth-order valence-corrected chi connectivity index (χ4v) is 3.50. The maximum atomic E-state index is 12.4. The Labute approximate surface area is 175 Å². The highest BCUT2D eigenvalue weighted by Gasteiger charge is 2.24. The molecule has 0 aromatic heterocycles. The van der Waals surface area contributed by atoms with Gasteiger partial charge < -0.3 is 20.1 Å². The molecule has 1 saturated heterocycles. The molecule has 1 aliphatic rings. The Morgan fingerprint density at radius 2 is 1.90 bits per heavy atom. The van der Waals surface area contributed by atoms with Crippen molar-refractivity contribution in [1.29, 1.82) is 0 Å². The van der Waals surface area contributed by atoms with Crippen molar-refractivity contribution in [1.82, 2.24) is 10.2 Å². The third-order valence-corrected chi connectivity index (χ3v) is 5.23. The van der Waals surface area contributed by atoms with Crippen LogP contribution in [0, 0.1) is 0 Å². The number of rotatable bonds is 7. The summed E-state index contributed by atoms with van der Waals surface area (Å²) in [4.78, 5) is 26.5. The molecule has 0 radical (unpaired) electrons. The number of phenols is 1. The van der Waals surface area contributed by atoms with Gasteiger partial charge in [-0.25, -0.2) is 0 Å². The largest absolute Gasteiger partial charge is 0.508 e. The van der Waals surface area contributed by atoms with Crippen LogP contribution in [0.15, 0.2) is 48.5 Å². The summed E-state index contributed by atoms with van der Waals surface area (Å²) < 4.78 is 5.62. The van der Waals surface area contributed by atoms with Crippen molar-refractivity contribution in [3.63, 3.8) is 0 Å². The van der Waals surface area contributed by atoms with Crippen molar-refractivity contribution in [2.45, 2.75) is 31.7 Å². The molecule has 3 rings (SSSR count). The molecule has 0 aliphatic carbocycles. The van der Waals surface area contributed by atoms with Gasteiger partial charge in [0.1, 0.15) is 11.5 Å². The van der Waals surface area contributed by atoms with E-state index in [4.69, 9.17) is 16.3 Å². The molecule has 0 spiro atoms. The molecule has 0 bridgehead atoms. The SMILES string of the molecule is O=C(NC1CCN(C(=O)CCCOc2ccccc2Cl)CC1)c1cccc(O)c1. The molecule has 154 valence electrons. The summed E-state index contributed by atoms with van der Waals surface area (Å²) in [6.45, 7) is 1.68. The summed E-state index contributed by atoms with van der Waals surface area (Å²) in [7, 11) is 0. The lowest BCUT2D eigenvalue weighted by Crippen LogP contribution is -2.46. The average Bonchev–Trinajstić information content (AvgIpc) is 2.73. The molecule has 7 heteroatoms. The van der Waals surface area contributed by atoms with Gasteiger partial charge in [-0.2, -0.15) is 0 Å². The Bertz CT molecular complexity index is 850. The second-order valence-corrected chi connectivity index (χ2v) is 7.47. The van der Waals surface area contributed by atoms with Crippen molar-refractivity contribution in [2.75, 3.05) is 19.7 Å². The van der Waals surface area contributed by atoms with E-state index in [1.54, 1.807) is 24.3 Å². The second-order valence-electron chi connectivity index (χ2n) is 7.06. The van der Waals surface area contributed by atoms with Gasteiger partial charge in [-0.3, -0.25) is 9.59 Å². The van der Waals surface area contributed by atoms with E-state index < -0.39 is 0 Å². The highest BCUT2D eigenvalue weighted by atomic mass is 35.5. The van der Waals surface area contributed by atoms with Gasteiger partial charge in [0.25, 0.3) is 5.91 Å². The number of likely N-dealkylation sites (tertiary alicyclic amines) is 1. The van der Waals surface area contributed by atoms with Gasteiger partial charge in [-0.1, -0.05) is 29.8 Å². The molecule has 29 heavy (non-hydrogen) atoms. The molecule has 2 aromatic carbocycles. The first-order valence-electron chi connectivity index (χ1n) is 9.78. The van der Waals surface area contributed by atoms with E-state index in [1.165, 1.54) is 12.1 Å². The molecule has 1 heterocycles. The Morgan fingerprint density at radius 3 is 2.62 bits per heavy atom. The van der Waals surface area contributed by atoms with Crippen LogP contribution in [-0.2, 0) is 4.79 Å². The van der Waals surface area contributed by atoms with Gasteiger partial charge in [0.2, 0.25) is 5.91 Å². The summed E-state index contributed by atoms with van der Waals surface area (Å²) in [6.07, 6.45) is 2.47. The first-order valence-corrected chi connectivity index (χ1v) is 10.2. The number of amides is 2. The van der Waals surface area contributed by atoms with Crippen LogP contribution in [0.25, 0.3) is 0 Å². The van der Waals surface area contributed by atoms with Crippen LogP contribution in [0.2, 0.25) is 5.02 Å². The van der Waals surface area contributed by atoms with Crippen LogP contribution in [0.1, 0.15) is 36.0 Å². The lowest BCUT2D eigenvalue weighted by molar-refractivity contribution is -0.132. The van der Waals surface area contributed by atoms with E-state index in [0.717, 1.165) is 0 Å². The number of phenolic OH excluding ortho intramolecular Hbond substituents is 1. The molecule has 2 N–H and O–H groups in total. The number of benzene rings is 2. The minimum Gasteiger partial charge on any atom is -0.508 e. The molecule has 2 amide bonds. The smallest absolute Gasteiger partial charge is 0.251 e. The monoisotopic (exact) mass is 416 g/mol. The number of aromatic hydroxyl groups is 1. The summed E-state index contributed by atoms with van der Waals surface area (Å²) in [5.41, 5.74) is 0.432. The fourth-order valence-electron chi connectivity index (χ4n) is 3.31. The van der Waals surface area contributed by atoms with Crippen LogP contribution in [0.4, 0.5) is 0 Å². The lowest BCUT2D eigenvalue weighted by atomic mass is 10.0. The average molecular weight is 417 g/mol. The van der Waals surface area contributed by atoms with E-state index in [2.05, 4.69) is 5.32 Å². The molecular weight excluding hydrogens is 392 g/mol. The van der Waals surface area contributed by atoms with Crippen molar-refractivity contribution < 1.29 is 19.4 Å². The standard InChI is InChI=1S/C22H25ClN2O4/c23-19-7-1-2-8-20(19)29-14-4-9-21(27)25-12-10-17(11-13-25)24-22(28)16-5-3-6-18(26)15-16/h1-3,5-8,15,17,26H,4,9-14H2,(H,24,28). The first-order chi connectivity index (χ1) is 14.0. The topological polar surface area (TPSA) is 78.9 Å². The second kappa shape index (κ2) is 10.2. The number of piperidine rings is 1. The van der Waals surface area contributed by atoms with Crippen LogP contribution in [0.5, 0.6) is 11.5 Å². The third-order valence-electron chi connectivity index (χ3n) is 4.92. The summed E-state index contributed by atoms with van der Waals surface area (Å²) in [5.74, 6) is 0.592. The maximum Gasteiger partial charge on any atom is 0.251 e. The van der Waals surface area contributed by atoms with Crippen LogP contribution >= 0.6 is 11.6 Å². The number of ether oxygens (including phenoxy) is 1. The number of hydrogen-bond donors (Lipinski definition) is 2. The summed E-state index contributed by atoms with van der Waals surface area (Å²) in [6, 6.07) is 13.6. The number of para-hydroxylation sites is 1. The number of hydrogen-bond acceptors (Lipinski definition) is 4. The zero-order chi connectivity index (χ0) is 20.6. The molecule has 1 aliphatic heterocycles. The zero-order valence-corrected chi connectivity index (χ0v) is 16.9. The van der Waals surface area contributed by atoms with Gasteiger partial charge in [0.15, 0.2) is 0 Å². The Kier molecular flexibility index (Phi) is 7.36. The van der Waals surface area contributed by atoms with Crippen molar-refractivity contribution in [3.05, 3.63) is 59.1 Å². The molecule has 1 fully saturated rings. The minimum atomic E-state index is -0.206. The zero-order valence-electron chi connectivity index (χ0n) is 16.1. The number of nitrogens with zero attached hydrogens (tertiary/aromatic N) is 1. The Hall–Kier alpha value is -2.73. The molecular formula is C22H25ClN2O4. The highest BCUT2D eigenvalue weighted by Crippen LogP contribution is 2.23. The van der Waals surface area contributed by atoms with Crippen LogP contribution < -0.4 is 10.1 Å². The van der Waals surface area contributed by atoms with Gasteiger partial charge in [0, 0.05) is 31.1 Å². The van der Waals surface area contributed by atoms with Gasteiger partial charge in [-0.05, 0) is 49.6 Å². The quantitative estimate of drug-likeness (QED) is 0.675. The van der Waals surface area contributed by atoms with E-state index in [0.29, 0.717) is 61.7 Å². The normalized spacial score (nSPS) is 14.4. The lowest BCUT2D eigenvalue weighted by Gasteiger charge is -2.32. The van der Waals surface area contributed by atoms with Crippen molar-refractivity contribution >= 4 is 23.4 Å². The molecule has 6 nitrogen and oxygen atoms in total.